The Morgan fingerprint density at radius 1 is 1.40 bits per heavy atom. The Morgan fingerprint density at radius 3 is 2.60 bits per heavy atom. The van der Waals surface area contributed by atoms with Crippen LogP contribution in [0.5, 0.6) is 0 Å². The van der Waals surface area contributed by atoms with Gasteiger partial charge in [-0.25, -0.2) is 0 Å². The normalized spacial score (nSPS) is 42.1. The molecule has 0 aromatic rings. The van der Waals surface area contributed by atoms with Crippen LogP contribution in [0.15, 0.2) is 11.6 Å². The van der Waals surface area contributed by atoms with Crippen molar-refractivity contribution in [2.75, 3.05) is 0 Å². The van der Waals surface area contributed by atoms with E-state index < -0.39 is 0 Å². The Labute approximate surface area is 63.3 Å². The summed E-state index contributed by atoms with van der Waals surface area (Å²) in [6, 6.07) is 0. The van der Waals surface area contributed by atoms with E-state index in [0.29, 0.717) is 5.41 Å². The van der Waals surface area contributed by atoms with Crippen molar-refractivity contribution in [2.45, 2.75) is 33.6 Å². The van der Waals surface area contributed by atoms with Crippen LogP contribution in [0.1, 0.15) is 33.6 Å². The van der Waals surface area contributed by atoms with Crippen molar-refractivity contribution in [3.63, 3.8) is 0 Å². The average Bonchev–Trinajstić information content (AvgIpc) is 2.36. The van der Waals surface area contributed by atoms with Gasteiger partial charge in [-0.1, -0.05) is 32.4 Å². The first-order valence-electron chi connectivity index (χ1n) is 4.34. The molecule has 0 N–H and O–H groups in total. The minimum atomic E-state index is 0.588. The lowest BCUT2D eigenvalue weighted by Crippen LogP contribution is -1.95. The number of hydrogen-bond acceptors (Lipinski definition) is 0. The van der Waals surface area contributed by atoms with E-state index in [1.807, 2.05) is 0 Å². The highest BCUT2D eigenvalue weighted by molar-refractivity contribution is 5.37. The molecule has 0 heterocycles. The molecule has 0 radical (unpaired) electrons. The maximum atomic E-state index is 2.49. The molecule has 10 heavy (non-hydrogen) atoms. The van der Waals surface area contributed by atoms with Gasteiger partial charge in [0, 0.05) is 0 Å². The maximum absolute atomic E-state index is 2.49. The zero-order valence-electron chi connectivity index (χ0n) is 7.15. The predicted molar refractivity (Wildman–Crippen MR) is 43.8 cm³/mol. The largest absolute Gasteiger partial charge is 0.0816 e. The topological polar surface area (TPSA) is 0 Å². The monoisotopic (exact) mass is 136 g/mol. The van der Waals surface area contributed by atoms with Gasteiger partial charge in [0.1, 0.15) is 0 Å². The number of rotatable bonds is 0. The fourth-order valence-corrected chi connectivity index (χ4v) is 2.34. The standard InChI is InChI=1S/C10H16/c1-7-4-5-8-9(6-7)10(8,2)3/h6-8H,4-5H2,1-3H3/t7-,8?/m0/s1. The van der Waals surface area contributed by atoms with Crippen molar-refractivity contribution >= 4 is 0 Å². The summed E-state index contributed by atoms with van der Waals surface area (Å²) in [5, 5.41) is 0. The van der Waals surface area contributed by atoms with E-state index in [0.717, 1.165) is 11.8 Å². The second-order valence-corrected chi connectivity index (χ2v) is 4.45. The van der Waals surface area contributed by atoms with Crippen LogP contribution in [0.25, 0.3) is 0 Å². The average molecular weight is 136 g/mol. The van der Waals surface area contributed by atoms with Crippen molar-refractivity contribution in [3.8, 4) is 0 Å². The summed E-state index contributed by atoms with van der Waals surface area (Å²) in [5.74, 6) is 1.82. The van der Waals surface area contributed by atoms with Crippen LogP contribution in [0.3, 0.4) is 0 Å². The third kappa shape index (κ3) is 0.680. The molecule has 0 aromatic carbocycles. The number of fused-ring (bicyclic) bond motifs is 1. The second-order valence-electron chi connectivity index (χ2n) is 4.45. The van der Waals surface area contributed by atoms with Gasteiger partial charge in [0.2, 0.25) is 0 Å². The van der Waals surface area contributed by atoms with E-state index in [1.165, 1.54) is 12.8 Å². The molecule has 2 atom stereocenters. The highest BCUT2D eigenvalue weighted by atomic mass is 14.6. The molecule has 2 aliphatic carbocycles. The zero-order valence-corrected chi connectivity index (χ0v) is 7.15. The Kier molecular flexibility index (Phi) is 1.07. The summed E-state index contributed by atoms with van der Waals surface area (Å²) in [6.45, 7) is 7.08. The van der Waals surface area contributed by atoms with Gasteiger partial charge in [0.15, 0.2) is 0 Å². The molecule has 0 aromatic heterocycles. The molecule has 0 heteroatoms. The minimum Gasteiger partial charge on any atom is -0.0816 e. The van der Waals surface area contributed by atoms with Crippen molar-refractivity contribution in [3.05, 3.63) is 11.6 Å². The van der Waals surface area contributed by atoms with Gasteiger partial charge in [-0.2, -0.15) is 0 Å². The molecule has 2 aliphatic rings. The molecular formula is C10H16. The highest BCUT2D eigenvalue weighted by Gasteiger charge is 2.52. The van der Waals surface area contributed by atoms with Gasteiger partial charge in [-0.15, -0.1) is 0 Å². The van der Waals surface area contributed by atoms with Gasteiger partial charge < -0.3 is 0 Å². The van der Waals surface area contributed by atoms with Gasteiger partial charge in [-0.3, -0.25) is 0 Å². The van der Waals surface area contributed by atoms with Gasteiger partial charge >= 0.3 is 0 Å². The molecule has 0 bridgehead atoms. The fraction of sp³-hybridized carbons (Fsp3) is 0.800. The Hall–Kier alpha value is -0.260. The van der Waals surface area contributed by atoms with Gasteiger partial charge in [0.25, 0.3) is 0 Å². The van der Waals surface area contributed by atoms with Crippen LogP contribution in [0.2, 0.25) is 0 Å². The maximum Gasteiger partial charge on any atom is -0.00759 e. The third-order valence-electron chi connectivity index (χ3n) is 3.28. The van der Waals surface area contributed by atoms with E-state index in [-0.39, 0.29) is 0 Å². The molecule has 0 saturated heterocycles. The van der Waals surface area contributed by atoms with E-state index >= 15 is 0 Å². The first-order chi connectivity index (χ1) is 4.62. The molecule has 1 fully saturated rings. The van der Waals surface area contributed by atoms with Gasteiger partial charge in [0.05, 0.1) is 0 Å². The van der Waals surface area contributed by atoms with Crippen molar-refractivity contribution in [1.29, 1.82) is 0 Å². The van der Waals surface area contributed by atoms with Crippen LogP contribution in [-0.4, -0.2) is 0 Å². The van der Waals surface area contributed by atoms with E-state index in [4.69, 9.17) is 0 Å². The number of allylic oxidation sites excluding steroid dienone is 2. The molecule has 0 aliphatic heterocycles. The lowest BCUT2D eigenvalue weighted by atomic mass is 9.98. The molecule has 56 valence electrons. The quantitative estimate of drug-likeness (QED) is 0.449. The van der Waals surface area contributed by atoms with Crippen LogP contribution >= 0.6 is 0 Å². The minimum absolute atomic E-state index is 0.588. The van der Waals surface area contributed by atoms with Crippen LogP contribution < -0.4 is 0 Å². The summed E-state index contributed by atoms with van der Waals surface area (Å²) < 4.78 is 0. The van der Waals surface area contributed by atoms with Crippen molar-refractivity contribution < 1.29 is 0 Å². The molecular weight excluding hydrogens is 120 g/mol. The third-order valence-corrected chi connectivity index (χ3v) is 3.28. The second kappa shape index (κ2) is 1.66. The van der Waals surface area contributed by atoms with Gasteiger partial charge in [-0.05, 0) is 30.1 Å². The predicted octanol–water partition coefficient (Wildman–Crippen LogP) is 3.00. The van der Waals surface area contributed by atoms with Crippen LogP contribution in [0.4, 0.5) is 0 Å². The highest BCUT2D eigenvalue weighted by Crippen LogP contribution is 2.62. The fourth-order valence-electron chi connectivity index (χ4n) is 2.34. The SMILES string of the molecule is C[C@@H]1C=C2C(CC1)C2(C)C. The van der Waals surface area contributed by atoms with Crippen LogP contribution in [0, 0.1) is 17.3 Å². The Morgan fingerprint density at radius 2 is 2.10 bits per heavy atom. The lowest BCUT2D eigenvalue weighted by molar-refractivity contribution is 0.488. The summed E-state index contributed by atoms with van der Waals surface area (Å²) in [4.78, 5) is 0. The summed E-state index contributed by atoms with van der Waals surface area (Å²) >= 11 is 0. The zero-order chi connectivity index (χ0) is 7.35. The lowest BCUT2D eigenvalue weighted by Gasteiger charge is -2.08. The molecule has 0 amide bonds. The number of hydrogen-bond donors (Lipinski definition) is 0. The van der Waals surface area contributed by atoms with Crippen molar-refractivity contribution in [1.82, 2.24) is 0 Å². The molecule has 1 saturated carbocycles. The van der Waals surface area contributed by atoms with E-state index in [2.05, 4.69) is 26.8 Å². The summed E-state index contributed by atoms with van der Waals surface area (Å²) in [5.41, 5.74) is 2.33. The van der Waals surface area contributed by atoms with E-state index in [1.54, 1.807) is 5.57 Å². The first-order valence-corrected chi connectivity index (χ1v) is 4.34. The molecule has 2 rings (SSSR count). The molecule has 0 nitrogen and oxygen atoms in total. The molecule has 1 unspecified atom stereocenters. The molecule has 0 spiro atoms. The Bertz CT molecular complexity index is 186. The Balaban J connectivity index is 2.24. The van der Waals surface area contributed by atoms with Crippen molar-refractivity contribution in [2.24, 2.45) is 17.3 Å². The smallest absolute Gasteiger partial charge is 0.00759 e. The first kappa shape index (κ1) is 6.45. The van der Waals surface area contributed by atoms with Crippen LogP contribution in [-0.2, 0) is 0 Å². The van der Waals surface area contributed by atoms with E-state index in [9.17, 15) is 0 Å². The summed E-state index contributed by atoms with van der Waals surface area (Å²) in [7, 11) is 0. The summed E-state index contributed by atoms with van der Waals surface area (Å²) in [6.07, 6.45) is 5.35.